The van der Waals surface area contributed by atoms with Gasteiger partial charge in [-0.05, 0) is 71.1 Å². The number of aromatic nitrogens is 2. The van der Waals surface area contributed by atoms with Gasteiger partial charge in [0.25, 0.3) is 5.91 Å². The van der Waals surface area contributed by atoms with E-state index in [1.807, 2.05) is 12.1 Å². The molecule has 4 aromatic rings. The average molecular weight is 510 g/mol. The van der Waals surface area contributed by atoms with E-state index in [1.165, 1.54) is 6.20 Å². The number of amides is 1. The van der Waals surface area contributed by atoms with Gasteiger partial charge in [-0.3, -0.25) is 4.79 Å². The predicted octanol–water partition coefficient (Wildman–Crippen LogP) is 6.05. The van der Waals surface area contributed by atoms with Crippen molar-refractivity contribution >= 4 is 68.5 Å². The maximum Gasteiger partial charge on any atom is 0.258 e. The zero-order valence-electron chi connectivity index (χ0n) is 13.5. The molecule has 0 bridgehead atoms. The van der Waals surface area contributed by atoms with Gasteiger partial charge in [0.2, 0.25) is 5.89 Å². The van der Waals surface area contributed by atoms with Crippen molar-refractivity contribution in [1.82, 2.24) is 9.97 Å². The molecule has 0 spiro atoms. The number of halogens is 3. The third-order valence-electron chi connectivity index (χ3n) is 3.81. The molecular weight excluding hydrogens is 500 g/mol. The lowest BCUT2D eigenvalue weighted by Gasteiger charge is -2.05. The Hall–Kier alpha value is -2.16. The Morgan fingerprint density at radius 2 is 1.96 bits per heavy atom. The van der Waals surface area contributed by atoms with Gasteiger partial charge in [0, 0.05) is 15.5 Å². The van der Waals surface area contributed by atoms with Crippen molar-refractivity contribution in [3.8, 4) is 11.5 Å². The number of nitrogens with zero attached hydrogens (tertiary/aromatic N) is 2. The van der Waals surface area contributed by atoms with Crippen molar-refractivity contribution in [3.05, 3.63) is 74.0 Å². The molecule has 0 aliphatic heterocycles. The second kappa shape index (κ2) is 7.46. The number of hydrogen-bond acceptors (Lipinski definition) is 4. The van der Waals surface area contributed by atoms with Gasteiger partial charge in [-0.1, -0.05) is 23.2 Å². The second-order valence-corrected chi connectivity index (χ2v) is 7.63. The van der Waals surface area contributed by atoms with Gasteiger partial charge in [-0.25, -0.2) is 9.97 Å². The largest absolute Gasteiger partial charge is 0.436 e. The standard InChI is InChI=1S/C19H10Cl2IN3O2/c20-14-5-3-10(22)8-13(14)19-25-15-9-11(4-6-16(15)27-19)24-18(26)12-2-1-7-23-17(12)21/h1-9H,(H,24,26). The van der Waals surface area contributed by atoms with Crippen LogP contribution in [0.2, 0.25) is 10.2 Å². The molecule has 27 heavy (non-hydrogen) atoms. The fraction of sp³-hybridized carbons (Fsp3) is 0. The normalized spacial score (nSPS) is 10.9. The molecule has 0 aliphatic carbocycles. The van der Waals surface area contributed by atoms with Crippen molar-refractivity contribution in [3.63, 3.8) is 0 Å². The number of anilines is 1. The number of hydrogen-bond donors (Lipinski definition) is 1. The third-order valence-corrected chi connectivity index (χ3v) is 5.11. The summed E-state index contributed by atoms with van der Waals surface area (Å²) in [6, 6.07) is 14.1. The van der Waals surface area contributed by atoms with Crippen molar-refractivity contribution in [2.24, 2.45) is 0 Å². The SMILES string of the molecule is O=C(Nc1ccc2oc(-c3cc(I)ccc3Cl)nc2c1)c1cccnc1Cl. The first-order valence-electron chi connectivity index (χ1n) is 7.79. The van der Waals surface area contributed by atoms with Gasteiger partial charge >= 0.3 is 0 Å². The number of rotatable bonds is 3. The monoisotopic (exact) mass is 509 g/mol. The molecule has 0 saturated heterocycles. The van der Waals surface area contributed by atoms with Crippen LogP contribution >= 0.6 is 45.8 Å². The number of fused-ring (bicyclic) bond motifs is 1. The fourth-order valence-electron chi connectivity index (χ4n) is 2.54. The van der Waals surface area contributed by atoms with E-state index < -0.39 is 0 Å². The van der Waals surface area contributed by atoms with Crippen molar-refractivity contribution in [2.75, 3.05) is 5.32 Å². The van der Waals surface area contributed by atoms with Gasteiger partial charge in [-0.15, -0.1) is 0 Å². The average Bonchev–Trinajstić information content (AvgIpc) is 3.07. The Morgan fingerprint density at radius 3 is 2.78 bits per heavy atom. The molecule has 0 atom stereocenters. The quantitative estimate of drug-likeness (QED) is 0.269. The van der Waals surface area contributed by atoms with Crippen LogP contribution in [0.3, 0.4) is 0 Å². The van der Waals surface area contributed by atoms with Gasteiger partial charge < -0.3 is 9.73 Å². The highest BCUT2D eigenvalue weighted by Crippen LogP contribution is 2.32. The van der Waals surface area contributed by atoms with E-state index in [9.17, 15) is 4.79 Å². The van der Waals surface area contributed by atoms with Crippen LogP contribution in [-0.4, -0.2) is 15.9 Å². The Labute approximate surface area is 177 Å². The van der Waals surface area contributed by atoms with Gasteiger partial charge in [0.15, 0.2) is 5.58 Å². The zero-order valence-corrected chi connectivity index (χ0v) is 17.2. The maximum absolute atomic E-state index is 12.4. The molecule has 134 valence electrons. The van der Waals surface area contributed by atoms with Crippen LogP contribution in [0.5, 0.6) is 0 Å². The Kier molecular flexibility index (Phi) is 5.03. The summed E-state index contributed by atoms with van der Waals surface area (Å²) < 4.78 is 6.83. The van der Waals surface area contributed by atoms with E-state index in [0.29, 0.717) is 38.8 Å². The molecule has 2 heterocycles. The van der Waals surface area contributed by atoms with Gasteiger partial charge in [0.1, 0.15) is 10.7 Å². The van der Waals surface area contributed by atoms with Gasteiger partial charge in [0.05, 0.1) is 16.1 Å². The number of pyridine rings is 1. The number of carbonyl (C=O) groups excluding carboxylic acids is 1. The van der Waals surface area contributed by atoms with Crippen LogP contribution in [-0.2, 0) is 0 Å². The van der Waals surface area contributed by atoms with Crippen molar-refractivity contribution in [1.29, 1.82) is 0 Å². The van der Waals surface area contributed by atoms with Crippen molar-refractivity contribution < 1.29 is 9.21 Å². The molecule has 2 aromatic carbocycles. The first-order chi connectivity index (χ1) is 13.0. The Bertz CT molecular complexity index is 1180. The van der Waals surface area contributed by atoms with E-state index in [2.05, 4.69) is 37.9 Å². The van der Waals surface area contributed by atoms with E-state index >= 15 is 0 Å². The molecule has 4 rings (SSSR count). The number of carbonyl (C=O) groups is 1. The molecule has 0 aliphatic rings. The summed E-state index contributed by atoms with van der Waals surface area (Å²) in [5.74, 6) is 0.0733. The summed E-state index contributed by atoms with van der Waals surface area (Å²) in [5, 5.41) is 3.49. The summed E-state index contributed by atoms with van der Waals surface area (Å²) in [6.45, 7) is 0. The zero-order chi connectivity index (χ0) is 19.0. The molecule has 0 unspecified atom stereocenters. The lowest BCUT2D eigenvalue weighted by Crippen LogP contribution is -2.12. The molecule has 2 aromatic heterocycles. The number of nitrogens with one attached hydrogen (secondary N) is 1. The van der Waals surface area contributed by atoms with Crippen LogP contribution in [0.15, 0.2) is 59.1 Å². The Morgan fingerprint density at radius 1 is 1.11 bits per heavy atom. The summed E-state index contributed by atoms with van der Waals surface area (Å²) in [4.78, 5) is 20.8. The van der Waals surface area contributed by atoms with E-state index in [4.69, 9.17) is 27.6 Å². The highest BCUT2D eigenvalue weighted by Gasteiger charge is 2.14. The molecule has 0 fully saturated rings. The highest BCUT2D eigenvalue weighted by atomic mass is 127. The molecule has 8 heteroatoms. The van der Waals surface area contributed by atoms with Crippen molar-refractivity contribution in [2.45, 2.75) is 0 Å². The van der Waals surface area contributed by atoms with Crippen LogP contribution in [0.1, 0.15) is 10.4 Å². The van der Waals surface area contributed by atoms with Gasteiger partial charge in [-0.2, -0.15) is 0 Å². The first-order valence-corrected chi connectivity index (χ1v) is 9.62. The van der Waals surface area contributed by atoms with Crippen LogP contribution < -0.4 is 5.32 Å². The molecule has 1 amide bonds. The summed E-state index contributed by atoms with van der Waals surface area (Å²) in [7, 11) is 0. The third kappa shape index (κ3) is 3.78. The molecule has 0 saturated carbocycles. The van der Waals surface area contributed by atoms with Crippen LogP contribution in [0.25, 0.3) is 22.6 Å². The van der Waals surface area contributed by atoms with E-state index in [0.717, 1.165) is 3.57 Å². The minimum Gasteiger partial charge on any atom is -0.436 e. The molecular formula is C19H10Cl2IN3O2. The lowest BCUT2D eigenvalue weighted by molar-refractivity contribution is 0.102. The lowest BCUT2D eigenvalue weighted by atomic mass is 10.2. The van der Waals surface area contributed by atoms with E-state index in [-0.39, 0.29) is 11.1 Å². The summed E-state index contributed by atoms with van der Waals surface area (Å²) in [5.41, 5.74) is 2.78. The predicted molar refractivity (Wildman–Crippen MR) is 114 cm³/mol. The second-order valence-electron chi connectivity index (χ2n) is 5.62. The van der Waals surface area contributed by atoms with Crippen LogP contribution in [0.4, 0.5) is 5.69 Å². The first kappa shape index (κ1) is 18.2. The number of benzene rings is 2. The molecule has 0 radical (unpaired) electrons. The molecule has 1 N–H and O–H groups in total. The smallest absolute Gasteiger partial charge is 0.258 e. The summed E-state index contributed by atoms with van der Waals surface area (Å²) >= 11 is 14.4. The highest BCUT2D eigenvalue weighted by molar-refractivity contribution is 14.1. The Balaban J connectivity index is 1.66. The minimum absolute atomic E-state index is 0.146. The van der Waals surface area contributed by atoms with E-state index in [1.54, 1.807) is 36.4 Å². The maximum atomic E-state index is 12.4. The van der Waals surface area contributed by atoms with Crippen LogP contribution in [0, 0.1) is 3.57 Å². The molecule has 5 nitrogen and oxygen atoms in total. The number of oxazole rings is 1. The summed E-state index contributed by atoms with van der Waals surface area (Å²) in [6.07, 6.45) is 1.53. The topological polar surface area (TPSA) is 68.0 Å². The minimum atomic E-state index is -0.350. The fourth-order valence-corrected chi connectivity index (χ4v) is 3.43.